The van der Waals surface area contributed by atoms with E-state index in [0.29, 0.717) is 29.6 Å². The molecule has 0 radical (unpaired) electrons. The van der Waals surface area contributed by atoms with Gasteiger partial charge in [-0.15, -0.1) is 0 Å². The Morgan fingerprint density at radius 2 is 1.76 bits per heavy atom. The summed E-state index contributed by atoms with van der Waals surface area (Å²) < 4.78 is 7.34. The van der Waals surface area contributed by atoms with Gasteiger partial charge in [-0.3, -0.25) is 14.5 Å². The number of benzene rings is 3. The standard InChI is InChI=1S/C25H17Br2Cl2NO3S/c1-14-3-2-4-15(7-14)12-30-24(31)22(34-25(30)32)10-16-8-19(26)23(20(27)9-16)33-13-17-5-6-18(28)11-21(17)29/h2-11H,12-13H2,1H3/b22-10+. The van der Waals surface area contributed by atoms with Crippen molar-refractivity contribution in [1.82, 2.24) is 4.90 Å². The quantitative estimate of drug-likeness (QED) is 0.253. The summed E-state index contributed by atoms with van der Waals surface area (Å²) in [7, 11) is 0. The van der Waals surface area contributed by atoms with Gasteiger partial charge in [-0.1, -0.05) is 59.1 Å². The molecular formula is C25H17Br2Cl2NO3S. The number of imide groups is 1. The van der Waals surface area contributed by atoms with Gasteiger partial charge in [0, 0.05) is 15.6 Å². The molecule has 4 rings (SSSR count). The van der Waals surface area contributed by atoms with Gasteiger partial charge >= 0.3 is 0 Å². The van der Waals surface area contributed by atoms with Crippen molar-refractivity contribution in [2.24, 2.45) is 0 Å². The first-order chi connectivity index (χ1) is 16.2. The first-order valence-electron chi connectivity index (χ1n) is 10.1. The summed E-state index contributed by atoms with van der Waals surface area (Å²) in [5, 5.41) is 0.803. The number of hydrogen-bond acceptors (Lipinski definition) is 4. The van der Waals surface area contributed by atoms with Gasteiger partial charge in [0.1, 0.15) is 12.4 Å². The Labute approximate surface area is 228 Å². The summed E-state index contributed by atoms with van der Waals surface area (Å²) in [4.78, 5) is 27.0. The highest BCUT2D eigenvalue weighted by Crippen LogP contribution is 2.38. The van der Waals surface area contributed by atoms with Gasteiger partial charge < -0.3 is 4.74 Å². The van der Waals surface area contributed by atoms with Crippen molar-refractivity contribution in [3.05, 3.63) is 101 Å². The Morgan fingerprint density at radius 3 is 2.44 bits per heavy atom. The third-order valence-corrected chi connectivity index (χ3v) is 7.67. The normalized spacial score (nSPS) is 14.9. The highest BCUT2D eigenvalue weighted by Gasteiger charge is 2.35. The molecule has 1 fully saturated rings. The van der Waals surface area contributed by atoms with Gasteiger partial charge in [0.2, 0.25) is 0 Å². The molecule has 1 aliphatic heterocycles. The van der Waals surface area contributed by atoms with Crippen LogP contribution < -0.4 is 4.74 Å². The molecule has 0 aliphatic carbocycles. The van der Waals surface area contributed by atoms with Crippen LogP contribution >= 0.6 is 66.8 Å². The molecule has 2 amide bonds. The summed E-state index contributed by atoms with van der Waals surface area (Å²) in [6.45, 7) is 2.48. The predicted molar refractivity (Wildman–Crippen MR) is 145 cm³/mol. The lowest BCUT2D eigenvalue weighted by Crippen LogP contribution is -2.27. The fourth-order valence-corrected chi connectivity index (χ4v) is 6.12. The molecule has 174 valence electrons. The minimum Gasteiger partial charge on any atom is -0.486 e. The summed E-state index contributed by atoms with van der Waals surface area (Å²) in [5.74, 6) is 0.289. The average molecular weight is 642 g/mol. The van der Waals surface area contributed by atoms with Gasteiger partial charge in [-0.25, -0.2) is 0 Å². The maximum absolute atomic E-state index is 12.9. The molecule has 1 heterocycles. The van der Waals surface area contributed by atoms with Crippen LogP contribution in [0.4, 0.5) is 4.79 Å². The molecule has 9 heteroatoms. The van der Waals surface area contributed by atoms with Crippen molar-refractivity contribution >= 4 is 84.0 Å². The van der Waals surface area contributed by atoms with E-state index < -0.39 is 0 Å². The zero-order valence-corrected chi connectivity index (χ0v) is 23.3. The van der Waals surface area contributed by atoms with Crippen LogP contribution in [0.2, 0.25) is 10.0 Å². The molecule has 1 saturated heterocycles. The Bertz CT molecular complexity index is 1310. The van der Waals surface area contributed by atoms with Crippen LogP contribution in [0, 0.1) is 6.92 Å². The topological polar surface area (TPSA) is 46.6 Å². The molecular weight excluding hydrogens is 625 g/mol. The van der Waals surface area contributed by atoms with Crippen molar-refractivity contribution in [3.63, 3.8) is 0 Å². The van der Waals surface area contributed by atoms with E-state index in [2.05, 4.69) is 31.9 Å². The molecule has 0 aromatic heterocycles. The third kappa shape index (κ3) is 5.89. The molecule has 0 bridgehead atoms. The summed E-state index contributed by atoms with van der Waals surface area (Å²) >= 11 is 20.2. The van der Waals surface area contributed by atoms with Crippen LogP contribution in [-0.4, -0.2) is 16.0 Å². The first kappa shape index (κ1) is 25.3. The van der Waals surface area contributed by atoms with Crippen LogP contribution in [0.15, 0.2) is 68.4 Å². The Balaban J connectivity index is 1.50. The number of hydrogen-bond donors (Lipinski definition) is 0. The third-order valence-electron chi connectivity index (χ3n) is 5.00. The van der Waals surface area contributed by atoms with Gasteiger partial charge in [-0.05, 0) is 92.0 Å². The molecule has 34 heavy (non-hydrogen) atoms. The number of carbonyl (C=O) groups excluding carboxylic acids is 2. The Morgan fingerprint density at radius 1 is 1.03 bits per heavy atom. The molecule has 0 spiro atoms. The maximum Gasteiger partial charge on any atom is 0.293 e. The predicted octanol–water partition coefficient (Wildman–Crippen LogP) is 8.64. The molecule has 0 atom stereocenters. The SMILES string of the molecule is Cc1cccc(CN2C(=O)S/C(=C/c3cc(Br)c(OCc4ccc(Cl)cc4Cl)c(Br)c3)C2=O)c1. The van der Waals surface area contributed by atoms with Crippen LogP contribution in [0.3, 0.4) is 0 Å². The van der Waals surface area contributed by atoms with E-state index in [-0.39, 0.29) is 24.3 Å². The van der Waals surface area contributed by atoms with Crippen LogP contribution in [0.5, 0.6) is 5.75 Å². The lowest BCUT2D eigenvalue weighted by molar-refractivity contribution is -0.123. The highest BCUT2D eigenvalue weighted by atomic mass is 79.9. The summed E-state index contributed by atoms with van der Waals surface area (Å²) in [6.07, 6.45) is 1.70. The first-order valence-corrected chi connectivity index (χ1v) is 13.2. The Hall–Kier alpha value is -1.77. The van der Waals surface area contributed by atoms with E-state index in [1.807, 2.05) is 49.4 Å². The summed E-state index contributed by atoms with van der Waals surface area (Å²) in [5.41, 5.74) is 3.54. The molecule has 1 aliphatic rings. The fourth-order valence-electron chi connectivity index (χ4n) is 3.37. The number of nitrogens with zero attached hydrogens (tertiary/aromatic N) is 1. The van der Waals surface area contributed by atoms with E-state index in [1.54, 1.807) is 18.2 Å². The number of halogens is 4. The second-order valence-electron chi connectivity index (χ2n) is 7.59. The van der Waals surface area contributed by atoms with Crippen molar-refractivity contribution in [1.29, 1.82) is 0 Å². The number of thioether (sulfide) groups is 1. The molecule has 0 saturated carbocycles. The monoisotopic (exact) mass is 639 g/mol. The lowest BCUT2D eigenvalue weighted by atomic mass is 10.1. The summed E-state index contributed by atoms with van der Waals surface area (Å²) in [6, 6.07) is 16.7. The van der Waals surface area contributed by atoms with Crippen molar-refractivity contribution in [2.75, 3.05) is 0 Å². The average Bonchev–Trinajstić information content (AvgIpc) is 3.02. The van der Waals surface area contributed by atoms with Gasteiger partial charge in [0.25, 0.3) is 11.1 Å². The van der Waals surface area contributed by atoms with Crippen molar-refractivity contribution < 1.29 is 14.3 Å². The van der Waals surface area contributed by atoms with E-state index in [0.717, 1.165) is 34.0 Å². The number of carbonyl (C=O) groups is 2. The van der Waals surface area contributed by atoms with Crippen LogP contribution in [-0.2, 0) is 17.9 Å². The zero-order valence-electron chi connectivity index (χ0n) is 17.8. The molecule has 4 nitrogen and oxygen atoms in total. The fraction of sp³-hybridized carbons (Fsp3) is 0.120. The van der Waals surface area contributed by atoms with Gasteiger partial charge in [0.05, 0.1) is 20.4 Å². The number of rotatable bonds is 6. The Kier molecular flexibility index (Phi) is 8.10. The van der Waals surface area contributed by atoms with Crippen molar-refractivity contribution in [2.45, 2.75) is 20.1 Å². The number of amides is 2. The maximum atomic E-state index is 12.9. The zero-order chi connectivity index (χ0) is 24.4. The van der Waals surface area contributed by atoms with Gasteiger partial charge in [-0.2, -0.15) is 0 Å². The molecule has 3 aromatic rings. The highest BCUT2D eigenvalue weighted by molar-refractivity contribution is 9.11. The van der Waals surface area contributed by atoms with E-state index in [4.69, 9.17) is 27.9 Å². The minimum absolute atomic E-state index is 0.247. The number of aryl methyl sites for hydroxylation is 1. The largest absolute Gasteiger partial charge is 0.486 e. The smallest absolute Gasteiger partial charge is 0.293 e. The second-order valence-corrected chi connectivity index (χ2v) is 11.1. The lowest BCUT2D eigenvalue weighted by Gasteiger charge is -2.13. The van der Waals surface area contributed by atoms with Crippen molar-refractivity contribution in [3.8, 4) is 5.75 Å². The van der Waals surface area contributed by atoms with E-state index in [9.17, 15) is 9.59 Å². The van der Waals surface area contributed by atoms with Gasteiger partial charge in [0.15, 0.2) is 0 Å². The van der Waals surface area contributed by atoms with Crippen LogP contribution in [0.1, 0.15) is 22.3 Å². The van der Waals surface area contributed by atoms with E-state index >= 15 is 0 Å². The molecule has 0 N–H and O–H groups in total. The minimum atomic E-state index is -0.304. The second kappa shape index (κ2) is 10.9. The van der Waals surface area contributed by atoms with Crippen LogP contribution in [0.25, 0.3) is 6.08 Å². The molecule has 0 unspecified atom stereocenters. The number of ether oxygens (including phenoxy) is 1. The molecule has 3 aromatic carbocycles. The van der Waals surface area contributed by atoms with E-state index in [1.165, 1.54) is 4.90 Å².